The molecule has 0 N–H and O–H groups in total. The summed E-state index contributed by atoms with van der Waals surface area (Å²) in [5.74, 6) is 0.0697. The van der Waals surface area contributed by atoms with E-state index in [1.807, 2.05) is 57.2 Å². The van der Waals surface area contributed by atoms with E-state index in [4.69, 9.17) is 14.2 Å². The van der Waals surface area contributed by atoms with Crippen LogP contribution in [0.1, 0.15) is 35.4 Å². The lowest BCUT2D eigenvalue weighted by molar-refractivity contribution is -0.139. The Balaban J connectivity index is 1.58. The zero-order chi connectivity index (χ0) is 21.5. The molecule has 3 rings (SSSR count). The molecule has 0 saturated carbocycles. The first-order chi connectivity index (χ1) is 14.5. The highest BCUT2D eigenvalue weighted by Crippen LogP contribution is 2.22. The highest BCUT2D eigenvalue weighted by molar-refractivity contribution is 5.98. The third-order valence-corrected chi connectivity index (χ3v) is 5.27. The summed E-state index contributed by atoms with van der Waals surface area (Å²) in [6, 6.07) is 11.6. The van der Waals surface area contributed by atoms with Gasteiger partial charge in [0.1, 0.15) is 30.6 Å². The maximum absolute atomic E-state index is 12.3. The summed E-state index contributed by atoms with van der Waals surface area (Å²) in [5.41, 5.74) is 4.04. The summed E-state index contributed by atoms with van der Waals surface area (Å²) in [4.78, 5) is 12.3. The average Bonchev–Trinajstić information content (AvgIpc) is 3.34. The monoisotopic (exact) mass is 408 g/mol. The molecule has 0 amide bonds. The first kappa shape index (κ1) is 21.7. The number of ether oxygens (including phenoxy) is 3. The van der Waals surface area contributed by atoms with Crippen LogP contribution < -0.4 is 4.74 Å². The third-order valence-electron chi connectivity index (χ3n) is 5.27. The fraction of sp³-hybridized carbons (Fsp3) is 0.417. The van der Waals surface area contributed by atoms with Gasteiger partial charge in [-0.05, 0) is 63.5 Å². The number of hydrogen-bond acceptors (Lipinski definition) is 5. The van der Waals surface area contributed by atoms with Crippen molar-refractivity contribution in [1.82, 2.24) is 4.57 Å². The van der Waals surface area contributed by atoms with Crippen LogP contribution >= 0.6 is 0 Å². The van der Waals surface area contributed by atoms with Crippen molar-refractivity contribution in [2.24, 2.45) is 0 Å². The molecule has 1 aliphatic rings. The van der Waals surface area contributed by atoms with E-state index in [-0.39, 0.29) is 24.9 Å². The molecule has 0 spiro atoms. The number of nitrogens with zero attached hydrogens (tertiary/aromatic N) is 2. The van der Waals surface area contributed by atoms with Crippen LogP contribution in [0.5, 0.6) is 5.75 Å². The van der Waals surface area contributed by atoms with E-state index in [2.05, 4.69) is 4.57 Å². The van der Waals surface area contributed by atoms with E-state index in [1.54, 1.807) is 6.08 Å². The van der Waals surface area contributed by atoms with Gasteiger partial charge < -0.3 is 18.8 Å². The topological polar surface area (TPSA) is 73.5 Å². The Hall–Kier alpha value is -3.04. The van der Waals surface area contributed by atoms with Crippen molar-refractivity contribution < 1.29 is 19.0 Å². The number of benzene rings is 1. The Labute approximate surface area is 177 Å². The number of carbonyl (C=O) groups is 1. The second-order valence-electron chi connectivity index (χ2n) is 7.54. The summed E-state index contributed by atoms with van der Waals surface area (Å²) in [6.45, 7) is 7.91. The van der Waals surface area contributed by atoms with Gasteiger partial charge in [0.25, 0.3) is 0 Å². The van der Waals surface area contributed by atoms with Gasteiger partial charge in [0, 0.05) is 24.5 Å². The number of rotatable bonds is 8. The summed E-state index contributed by atoms with van der Waals surface area (Å²) >= 11 is 0. The molecule has 0 radical (unpaired) electrons. The van der Waals surface area contributed by atoms with E-state index in [9.17, 15) is 10.1 Å². The molecule has 0 unspecified atom stereocenters. The van der Waals surface area contributed by atoms with Crippen molar-refractivity contribution in [3.05, 3.63) is 58.4 Å². The summed E-state index contributed by atoms with van der Waals surface area (Å²) in [7, 11) is 0. The summed E-state index contributed by atoms with van der Waals surface area (Å²) in [6.07, 6.45) is 3.97. The molecule has 6 heteroatoms. The van der Waals surface area contributed by atoms with Crippen LogP contribution in [0.4, 0.5) is 0 Å². The van der Waals surface area contributed by atoms with Gasteiger partial charge in [0.15, 0.2) is 0 Å². The molecule has 1 atom stereocenters. The normalized spacial score (nSPS) is 16.3. The molecule has 1 aromatic heterocycles. The lowest BCUT2D eigenvalue weighted by Gasteiger charge is -2.14. The predicted octanol–water partition coefficient (Wildman–Crippen LogP) is 4.12. The number of hydrogen-bond donors (Lipinski definition) is 0. The van der Waals surface area contributed by atoms with Crippen molar-refractivity contribution in [1.29, 1.82) is 5.26 Å². The van der Waals surface area contributed by atoms with Gasteiger partial charge in [0.05, 0.1) is 6.10 Å². The van der Waals surface area contributed by atoms with Gasteiger partial charge in [-0.1, -0.05) is 17.7 Å². The predicted molar refractivity (Wildman–Crippen MR) is 114 cm³/mol. The quantitative estimate of drug-likeness (QED) is 0.284. The molecular weight excluding hydrogens is 380 g/mol. The second kappa shape index (κ2) is 10.1. The second-order valence-corrected chi connectivity index (χ2v) is 7.54. The van der Waals surface area contributed by atoms with Crippen molar-refractivity contribution in [3.8, 4) is 11.8 Å². The minimum absolute atomic E-state index is 0.0253. The smallest absolute Gasteiger partial charge is 0.349 e. The Morgan fingerprint density at radius 1 is 1.27 bits per heavy atom. The highest BCUT2D eigenvalue weighted by atomic mass is 16.6. The van der Waals surface area contributed by atoms with Crippen LogP contribution in [0.15, 0.2) is 35.9 Å². The molecule has 30 heavy (non-hydrogen) atoms. The minimum atomic E-state index is -0.645. The number of carbonyl (C=O) groups excluding carboxylic acids is 1. The molecule has 2 heterocycles. The Bertz CT molecular complexity index is 945. The minimum Gasteiger partial charge on any atom is -0.490 e. The Morgan fingerprint density at radius 3 is 2.70 bits per heavy atom. The van der Waals surface area contributed by atoms with E-state index in [1.165, 1.54) is 0 Å². The van der Waals surface area contributed by atoms with Gasteiger partial charge in [-0.15, -0.1) is 0 Å². The first-order valence-electron chi connectivity index (χ1n) is 10.2. The standard InChI is InChI=1S/C24H28N2O4/c1-17-6-8-22(9-7-17)29-11-12-30-24(27)21(15-25)14-20-13-18(2)26(19(20)3)16-23-5-4-10-28-23/h6-9,13-14,23H,4-5,10-12,16H2,1-3H3/b21-14+/t23-/m1/s1. The molecule has 6 nitrogen and oxygen atoms in total. The first-order valence-corrected chi connectivity index (χ1v) is 10.2. The summed E-state index contributed by atoms with van der Waals surface area (Å²) in [5, 5.41) is 9.44. The van der Waals surface area contributed by atoms with Crippen molar-refractivity contribution in [2.75, 3.05) is 19.8 Å². The Kier molecular flexibility index (Phi) is 7.31. The molecule has 1 aliphatic heterocycles. The van der Waals surface area contributed by atoms with Crippen LogP contribution in [0.25, 0.3) is 6.08 Å². The van der Waals surface area contributed by atoms with Gasteiger partial charge in [-0.25, -0.2) is 4.79 Å². The average molecular weight is 408 g/mol. The lowest BCUT2D eigenvalue weighted by atomic mass is 10.1. The van der Waals surface area contributed by atoms with Crippen LogP contribution in [0.2, 0.25) is 0 Å². The molecule has 2 aromatic rings. The fourth-order valence-electron chi connectivity index (χ4n) is 3.55. The van der Waals surface area contributed by atoms with E-state index in [0.717, 1.165) is 48.5 Å². The molecule has 1 fully saturated rings. The number of nitriles is 1. The van der Waals surface area contributed by atoms with Crippen molar-refractivity contribution in [3.63, 3.8) is 0 Å². The van der Waals surface area contributed by atoms with Crippen LogP contribution in [0.3, 0.4) is 0 Å². The lowest BCUT2D eigenvalue weighted by Crippen LogP contribution is -2.16. The molecule has 1 aromatic carbocycles. The van der Waals surface area contributed by atoms with Crippen LogP contribution in [-0.2, 0) is 20.8 Å². The molecule has 158 valence electrons. The highest BCUT2D eigenvalue weighted by Gasteiger charge is 2.19. The fourth-order valence-corrected chi connectivity index (χ4v) is 3.55. The Morgan fingerprint density at radius 2 is 2.03 bits per heavy atom. The van der Waals surface area contributed by atoms with E-state index < -0.39 is 5.97 Å². The molecular formula is C24H28N2O4. The van der Waals surface area contributed by atoms with Gasteiger partial charge in [0.2, 0.25) is 0 Å². The van der Waals surface area contributed by atoms with Crippen molar-refractivity contribution in [2.45, 2.75) is 46.3 Å². The maximum atomic E-state index is 12.3. The summed E-state index contributed by atoms with van der Waals surface area (Å²) < 4.78 is 18.7. The number of aryl methyl sites for hydroxylation is 2. The van der Waals surface area contributed by atoms with Gasteiger partial charge >= 0.3 is 5.97 Å². The molecule has 0 aliphatic carbocycles. The van der Waals surface area contributed by atoms with Crippen LogP contribution in [-0.4, -0.2) is 36.5 Å². The molecule has 1 saturated heterocycles. The van der Waals surface area contributed by atoms with Gasteiger partial charge in [-0.3, -0.25) is 0 Å². The van der Waals surface area contributed by atoms with E-state index >= 15 is 0 Å². The third kappa shape index (κ3) is 5.52. The number of aromatic nitrogens is 1. The molecule has 0 bridgehead atoms. The van der Waals surface area contributed by atoms with E-state index in [0.29, 0.717) is 5.75 Å². The largest absolute Gasteiger partial charge is 0.490 e. The maximum Gasteiger partial charge on any atom is 0.349 e. The number of esters is 1. The van der Waals surface area contributed by atoms with Crippen LogP contribution in [0, 0.1) is 32.1 Å². The zero-order valence-corrected chi connectivity index (χ0v) is 17.8. The zero-order valence-electron chi connectivity index (χ0n) is 17.8. The van der Waals surface area contributed by atoms with Crippen molar-refractivity contribution >= 4 is 12.0 Å². The van der Waals surface area contributed by atoms with Gasteiger partial charge in [-0.2, -0.15) is 5.26 Å². The SMILES string of the molecule is Cc1ccc(OCCOC(=O)/C(C#N)=C/c2cc(C)n(C[C@H]3CCCO3)c2C)cc1.